The van der Waals surface area contributed by atoms with Crippen LogP contribution in [0.1, 0.15) is 35.7 Å². The average Bonchev–Trinajstić information content (AvgIpc) is 2.94. The molecule has 0 spiro atoms. The van der Waals surface area contributed by atoms with Gasteiger partial charge in [0.2, 0.25) is 0 Å². The number of ether oxygens (including phenoxy) is 1. The van der Waals surface area contributed by atoms with E-state index in [1.807, 2.05) is 6.20 Å². The molecule has 0 bridgehead atoms. The van der Waals surface area contributed by atoms with E-state index in [2.05, 4.69) is 24.1 Å². The van der Waals surface area contributed by atoms with Crippen molar-refractivity contribution >= 4 is 11.3 Å². The lowest BCUT2D eigenvalue weighted by Gasteiger charge is -2.16. The summed E-state index contributed by atoms with van der Waals surface area (Å²) >= 11 is 1.75. The molecule has 2 rings (SSSR count). The summed E-state index contributed by atoms with van der Waals surface area (Å²) in [7, 11) is 0. The number of rotatable bonds is 5. The Labute approximate surface area is 107 Å². The van der Waals surface area contributed by atoms with E-state index < -0.39 is 0 Å². The monoisotopic (exact) mass is 255 g/mol. The Morgan fingerprint density at radius 1 is 1.59 bits per heavy atom. The van der Waals surface area contributed by atoms with E-state index in [1.54, 1.807) is 11.3 Å². The number of nitrogens with zero attached hydrogens (tertiary/aromatic N) is 1. The number of nitrogens with two attached hydrogens (primary N) is 1. The molecule has 2 heterocycles. The first-order valence-electron chi connectivity index (χ1n) is 6.20. The van der Waals surface area contributed by atoms with Crippen LogP contribution in [0, 0.1) is 6.92 Å². The molecule has 0 radical (unpaired) electrons. The van der Waals surface area contributed by atoms with Crippen molar-refractivity contribution in [2.45, 2.75) is 44.9 Å². The summed E-state index contributed by atoms with van der Waals surface area (Å²) in [6.07, 6.45) is 4.70. The van der Waals surface area contributed by atoms with Crippen molar-refractivity contribution in [1.82, 2.24) is 10.3 Å². The summed E-state index contributed by atoms with van der Waals surface area (Å²) in [6.45, 7) is 5.75. The zero-order valence-electron chi connectivity index (χ0n) is 10.5. The topological polar surface area (TPSA) is 60.2 Å². The van der Waals surface area contributed by atoms with E-state index in [0.29, 0.717) is 18.7 Å². The molecule has 1 fully saturated rings. The average molecular weight is 255 g/mol. The molecule has 3 unspecified atom stereocenters. The molecule has 0 aromatic carbocycles. The number of thiazole rings is 1. The van der Waals surface area contributed by atoms with Gasteiger partial charge >= 0.3 is 0 Å². The lowest BCUT2D eigenvalue weighted by Crippen LogP contribution is -2.30. The minimum atomic E-state index is 0.263. The lowest BCUT2D eigenvalue weighted by molar-refractivity contribution is 0.0492. The third-order valence-corrected chi connectivity index (χ3v) is 4.22. The van der Waals surface area contributed by atoms with Crippen molar-refractivity contribution in [3.8, 4) is 0 Å². The van der Waals surface area contributed by atoms with E-state index in [9.17, 15) is 0 Å². The zero-order valence-corrected chi connectivity index (χ0v) is 11.3. The van der Waals surface area contributed by atoms with Crippen molar-refractivity contribution < 1.29 is 4.74 Å². The van der Waals surface area contributed by atoms with Gasteiger partial charge < -0.3 is 15.8 Å². The molecule has 1 aromatic heterocycles. The van der Waals surface area contributed by atoms with Crippen LogP contribution in [-0.2, 0) is 4.74 Å². The minimum absolute atomic E-state index is 0.263. The fourth-order valence-electron chi connectivity index (χ4n) is 2.07. The fourth-order valence-corrected chi connectivity index (χ4v) is 2.87. The molecule has 3 atom stereocenters. The van der Waals surface area contributed by atoms with Crippen LogP contribution >= 0.6 is 11.3 Å². The molecule has 3 N–H and O–H groups in total. The highest BCUT2D eigenvalue weighted by molar-refractivity contribution is 7.11. The van der Waals surface area contributed by atoms with E-state index >= 15 is 0 Å². The molecular formula is C12H21N3OS. The van der Waals surface area contributed by atoms with Crippen LogP contribution < -0.4 is 11.1 Å². The zero-order chi connectivity index (χ0) is 12.3. The molecule has 1 saturated heterocycles. The molecule has 4 nitrogen and oxygen atoms in total. The van der Waals surface area contributed by atoms with Crippen LogP contribution in [0.5, 0.6) is 0 Å². The van der Waals surface area contributed by atoms with Gasteiger partial charge in [0.25, 0.3) is 0 Å². The Morgan fingerprint density at radius 2 is 2.35 bits per heavy atom. The minimum Gasteiger partial charge on any atom is -0.372 e. The maximum absolute atomic E-state index is 5.80. The second kappa shape index (κ2) is 5.91. The second-order valence-corrected chi connectivity index (χ2v) is 5.90. The van der Waals surface area contributed by atoms with Crippen LogP contribution in [-0.4, -0.2) is 30.3 Å². The summed E-state index contributed by atoms with van der Waals surface area (Å²) in [5.74, 6) is 0. The van der Waals surface area contributed by atoms with Gasteiger partial charge in [0.15, 0.2) is 0 Å². The summed E-state index contributed by atoms with van der Waals surface area (Å²) < 4.78 is 5.80. The number of hydrogen-bond donors (Lipinski definition) is 2. The molecule has 0 aliphatic carbocycles. The van der Waals surface area contributed by atoms with Gasteiger partial charge in [0.05, 0.1) is 18.2 Å². The lowest BCUT2D eigenvalue weighted by atomic mass is 10.2. The predicted molar refractivity (Wildman–Crippen MR) is 70.2 cm³/mol. The van der Waals surface area contributed by atoms with Crippen molar-refractivity contribution in [1.29, 1.82) is 0 Å². The Kier molecular flexibility index (Phi) is 4.50. The van der Waals surface area contributed by atoms with Crippen molar-refractivity contribution in [2.24, 2.45) is 5.73 Å². The van der Waals surface area contributed by atoms with Gasteiger partial charge in [-0.25, -0.2) is 4.98 Å². The SMILES string of the molecule is Cc1cnc(C(C)NCC2CCC(CN)O2)s1. The second-order valence-electron chi connectivity index (χ2n) is 4.63. The van der Waals surface area contributed by atoms with Gasteiger partial charge in [-0.1, -0.05) is 0 Å². The Bertz CT molecular complexity index is 355. The third kappa shape index (κ3) is 3.48. The van der Waals surface area contributed by atoms with E-state index in [0.717, 1.165) is 24.4 Å². The van der Waals surface area contributed by atoms with Crippen molar-refractivity contribution in [3.63, 3.8) is 0 Å². The fraction of sp³-hybridized carbons (Fsp3) is 0.750. The highest BCUT2D eigenvalue weighted by atomic mass is 32.1. The van der Waals surface area contributed by atoms with E-state index in [-0.39, 0.29) is 6.10 Å². The first kappa shape index (κ1) is 13.0. The van der Waals surface area contributed by atoms with Gasteiger partial charge in [0, 0.05) is 24.2 Å². The summed E-state index contributed by atoms with van der Waals surface area (Å²) in [4.78, 5) is 5.65. The van der Waals surface area contributed by atoms with Crippen molar-refractivity contribution in [2.75, 3.05) is 13.1 Å². The maximum Gasteiger partial charge on any atom is 0.109 e. The van der Waals surface area contributed by atoms with Gasteiger partial charge in [-0.15, -0.1) is 11.3 Å². The molecule has 0 saturated carbocycles. The van der Waals surface area contributed by atoms with Crippen LogP contribution in [0.25, 0.3) is 0 Å². The normalized spacial score (nSPS) is 26.3. The Hall–Kier alpha value is -0.490. The summed E-state index contributed by atoms with van der Waals surface area (Å²) in [6, 6.07) is 0.300. The smallest absolute Gasteiger partial charge is 0.109 e. The quantitative estimate of drug-likeness (QED) is 0.839. The maximum atomic E-state index is 5.80. The van der Waals surface area contributed by atoms with E-state index in [4.69, 9.17) is 10.5 Å². The predicted octanol–water partition coefficient (Wildman–Crippen LogP) is 1.61. The molecule has 1 aromatic rings. The van der Waals surface area contributed by atoms with Crippen molar-refractivity contribution in [3.05, 3.63) is 16.1 Å². The summed E-state index contributed by atoms with van der Waals surface area (Å²) in [5.41, 5.74) is 5.59. The van der Waals surface area contributed by atoms with Crippen LogP contribution in [0.15, 0.2) is 6.20 Å². The Balaban J connectivity index is 1.75. The van der Waals surface area contributed by atoms with Gasteiger partial charge in [-0.2, -0.15) is 0 Å². The number of nitrogens with one attached hydrogen (secondary N) is 1. The first-order chi connectivity index (χ1) is 8.19. The van der Waals surface area contributed by atoms with Gasteiger partial charge in [0.1, 0.15) is 5.01 Å². The number of hydrogen-bond acceptors (Lipinski definition) is 5. The number of aromatic nitrogens is 1. The molecule has 0 amide bonds. The van der Waals surface area contributed by atoms with E-state index in [1.165, 1.54) is 4.88 Å². The standard InChI is InChI=1S/C12H21N3OS/c1-8-6-15-12(17-8)9(2)14-7-11-4-3-10(5-13)16-11/h6,9-11,14H,3-5,7,13H2,1-2H3. The highest BCUT2D eigenvalue weighted by Gasteiger charge is 2.24. The van der Waals surface area contributed by atoms with Gasteiger partial charge in [-0.3, -0.25) is 0 Å². The molecule has 1 aliphatic rings. The highest BCUT2D eigenvalue weighted by Crippen LogP contribution is 2.21. The van der Waals surface area contributed by atoms with Crippen LogP contribution in [0.2, 0.25) is 0 Å². The molecule has 5 heteroatoms. The molecular weight excluding hydrogens is 234 g/mol. The van der Waals surface area contributed by atoms with Gasteiger partial charge in [-0.05, 0) is 26.7 Å². The molecule has 96 valence electrons. The third-order valence-electron chi connectivity index (χ3n) is 3.12. The molecule has 1 aliphatic heterocycles. The Morgan fingerprint density at radius 3 is 2.94 bits per heavy atom. The first-order valence-corrected chi connectivity index (χ1v) is 7.02. The number of aryl methyl sites for hydroxylation is 1. The van der Waals surface area contributed by atoms with Crippen LogP contribution in [0.4, 0.5) is 0 Å². The van der Waals surface area contributed by atoms with Crippen LogP contribution in [0.3, 0.4) is 0 Å². The molecule has 17 heavy (non-hydrogen) atoms. The summed E-state index contributed by atoms with van der Waals surface area (Å²) in [5, 5.41) is 4.63. The largest absolute Gasteiger partial charge is 0.372 e.